The first-order valence-electron chi connectivity index (χ1n) is 8.75. The van der Waals surface area contributed by atoms with Crippen molar-refractivity contribution in [3.63, 3.8) is 0 Å². The van der Waals surface area contributed by atoms with Crippen LogP contribution in [-0.2, 0) is 19.3 Å². The summed E-state index contributed by atoms with van der Waals surface area (Å²) in [5, 5.41) is 8.77. The highest BCUT2D eigenvalue weighted by molar-refractivity contribution is 5.31. The van der Waals surface area contributed by atoms with Gasteiger partial charge in [-0.05, 0) is 25.7 Å². The molecule has 3 rings (SSSR count). The fourth-order valence-electron chi connectivity index (χ4n) is 3.38. The number of anilines is 1. The van der Waals surface area contributed by atoms with Crippen molar-refractivity contribution in [2.75, 3.05) is 18.0 Å². The highest BCUT2D eigenvalue weighted by Gasteiger charge is 2.24. The van der Waals surface area contributed by atoms with Gasteiger partial charge in [0.25, 0.3) is 0 Å². The first-order valence-corrected chi connectivity index (χ1v) is 8.75. The predicted molar refractivity (Wildman–Crippen MR) is 90.7 cm³/mol. The number of hydrogen-bond acceptors (Lipinski definition) is 5. The molecule has 0 aromatic carbocycles. The maximum absolute atomic E-state index is 4.77. The van der Waals surface area contributed by atoms with Gasteiger partial charge in [-0.3, -0.25) is 0 Å². The first-order chi connectivity index (χ1) is 11.3. The summed E-state index contributed by atoms with van der Waals surface area (Å²) in [6.07, 6.45) is 9.09. The number of nitrogens with zero attached hydrogens (tertiary/aromatic N) is 6. The van der Waals surface area contributed by atoms with Gasteiger partial charge in [0.15, 0.2) is 0 Å². The Labute approximate surface area is 138 Å². The lowest BCUT2D eigenvalue weighted by Crippen LogP contribution is -2.38. The van der Waals surface area contributed by atoms with E-state index in [1.54, 1.807) is 0 Å². The molecule has 0 spiro atoms. The number of aromatic nitrogens is 5. The summed E-state index contributed by atoms with van der Waals surface area (Å²) in [6, 6.07) is 0.445. The average Bonchev–Trinajstić information content (AvgIpc) is 3.10. The van der Waals surface area contributed by atoms with Crippen molar-refractivity contribution in [1.29, 1.82) is 0 Å². The van der Waals surface area contributed by atoms with Gasteiger partial charge in [0.1, 0.15) is 5.82 Å². The van der Waals surface area contributed by atoms with E-state index in [1.165, 1.54) is 6.42 Å². The van der Waals surface area contributed by atoms with Crippen molar-refractivity contribution in [1.82, 2.24) is 24.7 Å². The van der Waals surface area contributed by atoms with Gasteiger partial charge in [-0.2, -0.15) is 5.10 Å². The molecule has 3 heterocycles. The summed E-state index contributed by atoms with van der Waals surface area (Å²) in [5.74, 6) is 1.94. The van der Waals surface area contributed by atoms with Crippen LogP contribution >= 0.6 is 0 Å². The molecule has 6 nitrogen and oxygen atoms in total. The van der Waals surface area contributed by atoms with E-state index in [9.17, 15) is 0 Å². The van der Waals surface area contributed by atoms with Crippen molar-refractivity contribution < 1.29 is 0 Å². The lowest BCUT2D eigenvalue weighted by Gasteiger charge is -2.34. The van der Waals surface area contributed by atoms with Crippen LogP contribution in [0.3, 0.4) is 0 Å². The molecular formula is C17H26N6. The fraction of sp³-hybridized carbons (Fsp3) is 0.647. The van der Waals surface area contributed by atoms with Crippen LogP contribution in [0.15, 0.2) is 12.4 Å². The molecule has 2 aromatic rings. The number of rotatable bonds is 5. The second-order valence-electron chi connectivity index (χ2n) is 6.06. The van der Waals surface area contributed by atoms with E-state index in [0.717, 1.165) is 61.9 Å². The zero-order valence-corrected chi connectivity index (χ0v) is 14.4. The second kappa shape index (κ2) is 7.06. The van der Waals surface area contributed by atoms with Crippen molar-refractivity contribution in [3.8, 4) is 0 Å². The molecular weight excluding hydrogens is 288 g/mol. The molecule has 0 N–H and O–H groups in total. The summed E-state index contributed by atoms with van der Waals surface area (Å²) >= 11 is 0. The molecule has 0 amide bonds. The Hall–Kier alpha value is -1.98. The molecule has 6 heteroatoms. The van der Waals surface area contributed by atoms with Crippen molar-refractivity contribution in [2.45, 2.75) is 58.9 Å². The van der Waals surface area contributed by atoms with E-state index in [-0.39, 0.29) is 0 Å². The average molecular weight is 314 g/mol. The molecule has 0 saturated carbocycles. The smallest absolute Gasteiger partial charge is 0.245 e. The van der Waals surface area contributed by atoms with Crippen LogP contribution in [0.5, 0.6) is 0 Å². The van der Waals surface area contributed by atoms with E-state index in [0.29, 0.717) is 6.04 Å². The Kier molecular flexibility index (Phi) is 4.88. The Bertz CT molecular complexity index is 650. The summed E-state index contributed by atoms with van der Waals surface area (Å²) in [5.41, 5.74) is 2.10. The van der Waals surface area contributed by atoms with Gasteiger partial charge >= 0.3 is 0 Å². The lowest BCUT2D eigenvalue weighted by molar-refractivity contribution is 0.392. The molecule has 1 fully saturated rings. The SMILES string of the molecule is CCc1nnc(N2CCCC(n3ccnc3CC)C2)nc1CC. The first kappa shape index (κ1) is 15.9. The molecule has 124 valence electrons. The Morgan fingerprint density at radius 1 is 1.09 bits per heavy atom. The third-order valence-electron chi connectivity index (χ3n) is 4.64. The van der Waals surface area contributed by atoms with Crippen molar-refractivity contribution in [3.05, 3.63) is 29.6 Å². The monoisotopic (exact) mass is 314 g/mol. The van der Waals surface area contributed by atoms with Gasteiger partial charge in [0, 0.05) is 31.9 Å². The van der Waals surface area contributed by atoms with Crippen LogP contribution in [0.2, 0.25) is 0 Å². The number of imidazole rings is 1. The van der Waals surface area contributed by atoms with Gasteiger partial charge in [-0.15, -0.1) is 5.10 Å². The molecule has 2 aromatic heterocycles. The molecule has 0 bridgehead atoms. The van der Waals surface area contributed by atoms with Crippen molar-refractivity contribution >= 4 is 5.95 Å². The lowest BCUT2D eigenvalue weighted by atomic mass is 10.1. The van der Waals surface area contributed by atoms with Crippen LogP contribution in [0.1, 0.15) is 56.9 Å². The molecule has 0 radical (unpaired) electrons. The third kappa shape index (κ3) is 3.21. The van der Waals surface area contributed by atoms with Crippen LogP contribution in [0, 0.1) is 0 Å². The summed E-state index contributed by atoms with van der Waals surface area (Å²) in [7, 11) is 0. The van der Waals surface area contributed by atoms with Crippen LogP contribution in [0.4, 0.5) is 5.95 Å². The van der Waals surface area contributed by atoms with E-state index < -0.39 is 0 Å². The normalized spacial score (nSPS) is 18.4. The maximum atomic E-state index is 4.77. The van der Waals surface area contributed by atoms with Gasteiger partial charge in [-0.1, -0.05) is 20.8 Å². The van der Waals surface area contributed by atoms with Crippen LogP contribution in [-0.4, -0.2) is 37.8 Å². The van der Waals surface area contributed by atoms with Crippen LogP contribution in [0.25, 0.3) is 0 Å². The number of hydrogen-bond donors (Lipinski definition) is 0. The molecule has 23 heavy (non-hydrogen) atoms. The minimum atomic E-state index is 0.445. The number of piperidine rings is 1. The fourth-order valence-corrected chi connectivity index (χ4v) is 3.38. The quantitative estimate of drug-likeness (QED) is 0.849. The number of aryl methyl sites for hydroxylation is 3. The van der Waals surface area contributed by atoms with Gasteiger partial charge in [0.2, 0.25) is 5.95 Å². The molecule has 1 unspecified atom stereocenters. The Morgan fingerprint density at radius 2 is 1.91 bits per heavy atom. The predicted octanol–water partition coefficient (Wildman–Crippen LogP) is 2.60. The topological polar surface area (TPSA) is 59.7 Å². The highest BCUT2D eigenvalue weighted by atomic mass is 15.3. The third-order valence-corrected chi connectivity index (χ3v) is 4.64. The van der Waals surface area contributed by atoms with E-state index >= 15 is 0 Å². The maximum Gasteiger partial charge on any atom is 0.245 e. The summed E-state index contributed by atoms with van der Waals surface area (Å²) in [4.78, 5) is 11.5. The second-order valence-corrected chi connectivity index (χ2v) is 6.06. The minimum absolute atomic E-state index is 0.445. The van der Waals surface area contributed by atoms with E-state index in [1.807, 2.05) is 6.20 Å². The van der Waals surface area contributed by atoms with Crippen molar-refractivity contribution in [2.24, 2.45) is 0 Å². The van der Waals surface area contributed by atoms with Gasteiger partial charge < -0.3 is 9.47 Å². The van der Waals surface area contributed by atoms with E-state index in [2.05, 4.69) is 51.6 Å². The zero-order chi connectivity index (χ0) is 16.2. The highest BCUT2D eigenvalue weighted by Crippen LogP contribution is 2.25. The molecule has 0 aliphatic carbocycles. The standard InChI is InChI=1S/C17H26N6/c1-4-14-15(5-2)20-21-17(19-14)22-10-7-8-13(12-22)23-11-9-18-16(23)6-3/h9,11,13H,4-8,10,12H2,1-3H3. The largest absolute Gasteiger partial charge is 0.337 e. The van der Waals surface area contributed by atoms with Gasteiger partial charge in [-0.25, -0.2) is 9.97 Å². The summed E-state index contributed by atoms with van der Waals surface area (Å²) in [6.45, 7) is 8.32. The summed E-state index contributed by atoms with van der Waals surface area (Å²) < 4.78 is 2.32. The molecule has 1 aliphatic heterocycles. The Morgan fingerprint density at radius 3 is 2.65 bits per heavy atom. The zero-order valence-electron chi connectivity index (χ0n) is 14.4. The van der Waals surface area contributed by atoms with Gasteiger partial charge in [0.05, 0.1) is 17.4 Å². The molecule has 1 saturated heterocycles. The molecule has 1 atom stereocenters. The molecule has 1 aliphatic rings. The van der Waals surface area contributed by atoms with E-state index in [4.69, 9.17) is 4.98 Å². The van der Waals surface area contributed by atoms with Crippen LogP contribution < -0.4 is 4.90 Å². The Balaban J connectivity index is 1.81. The minimum Gasteiger partial charge on any atom is -0.337 e.